The lowest BCUT2D eigenvalue weighted by atomic mass is 10.2. The molecule has 0 aromatic heterocycles. The maximum Gasteiger partial charge on any atom is 0.135 e. The molecule has 0 amide bonds. The number of hydrogen-bond donors (Lipinski definition) is 1. The van der Waals surface area contributed by atoms with E-state index < -0.39 is 0 Å². The quantitative estimate of drug-likeness (QED) is 0.886. The highest BCUT2D eigenvalue weighted by atomic mass is 79.9. The van der Waals surface area contributed by atoms with Crippen LogP contribution in [0.4, 0.5) is 4.39 Å². The molecule has 4 heteroatoms. The molecule has 0 unspecified atom stereocenters. The lowest BCUT2D eigenvalue weighted by molar-refractivity contribution is 0.408. The molecule has 1 aromatic rings. The summed E-state index contributed by atoms with van der Waals surface area (Å²) in [5, 5.41) is 2.89. The van der Waals surface area contributed by atoms with E-state index >= 15 is 0 Å². The number of rotatable bonds is 3. The van der Waals surface area contributed by atoms with Crippen molar-refractivity contribution in [2.45, 2.75) is 6.54 Å². The molecule has 0 aliphatic heterocycles. The summed E-state index contributed by atoms with van der Waals surface area (Å²) in [6.07, 6.45) is 0. The highest BCUT2D eigenvalue weighted by Crippen LogP contribution is 2.27. The van der Waals surface area contributed by atoms with E-state index in [0.29, 0.717) is 17.9 Å². The fraction of sp³-hybridized carbons (Fsp3) is 0.333. The van der Waals surface area contributed by atoms with E-state index in [4.69, 9.17) is 4.74 Å². The summed E-state index contributed by atoms with van der Waals surface area (Å²) in [5.41, 5.74) is 0.621. The maximum absolute atomic E-state index is 13.3. The second-order valence-electron chi connectivity index (χ2n) is 2.61. The summed E-state index contributed by atoms with van der Waals surface area (Å²) in [5.74, 6) is 0.256. The lowest BCUT2D eigenvalue weighted by Gasteiger charge is -2.07. The first-order chi connectivity index (χ1) is 6.19. The van der Waals surface area contributed by atoms with Crippen molar-refractivity contribution in [1.29, 1.82) is 0 Å². The molecule has 1 N–H and O–H groups in total. The Morgan fingerprint density at radius 2 is 2.23 bits per heavy atom. The molecule has 0 fully saturated rings. The first-order valence-corrected chi connectivity index (χ1v) is 4.65. The van der Waals surface area contributed by atoms with Crippen molar-refractivity contribution in [3.05, 3.63) is 28.0 Å². The number of nitrogens with one attached hydrogen (secondary N) is 1. The Hall–Kier alpha value is -0.610. The maximum atomic E-state index is 13.3. The standard InChI is InChI=1S/C9H11BrFNO/c1-12-5-6-3-7(10)9(13-2)4-8(6)11/h3-4,12H,5H2,1-2H3. The topological polar surface area (TPSA) is 21.3 Å². The fourth-order valence-corrected chi connectivity index (χ4v) is 1.60. The molecule has 2 nitrogen and oxygen atoms in total. The van der Waals surface area contributed by atoms with Crippen LogP contribution in [0, 0.1) is 5.82 Å². The minimum absolute atomic E-state index is 0.255. The van der Waals surface area contributed by atoms with E-state index in [0.717, 1.165) is 4.47 Å². The van der Waals surface area contributed by atoms with Gasteiger partial charge in [0.25, 0.3) is 0 Å². The largest absolute Gasteiger partial charge is 0.495 e. The molecular formula is C9H11BrFNO. The summed E-state index contributed by atoms with van der Waals surface area (Å²) < 4.78 is 19.0. The molecule has 0 aliphatic carbocycles. The molecular weight excluding hydrogens is 237 g/mol. The van der Waals surface area contributed by atoms with Gasteiger partial charge < -0.3 is 10.1 Å². The van der Waals surface area contributed by atoms with Crippen molar-refractivity contribution in [3.8, 4) is 5.75 Å². The van der Waals surface area contributed by atoms with E-state index in [1.54, 1.807) is 13.1 Å². The van der Waals surface area contributed by atoms with Crippen LogP contribution in [0.15, 0.2) is 16.6 Å². The van der Waals surface area contributed by atoms with Gasteiger partial charge in [-0.25, -0.2) is 4.39 Å². The van der Waals surface area contributed by atoms with Gasteiger partial charge in [-0.3, -0.25) is 0 Å². The van der Waals surface area contributed by atoms with Crippen molar-refractivity contribution in [1.82, 2.24) is 5.32 Å². The predicted molar refractivity (Wildman–Crippen MR) is 53.4 cm³/mol. The second-order valence-corrected chi connectivity index (χ2v) is 3.46. The van der Waals surface area contributed by atoms with Gasteiger partial charge >= 0.3 is 0 Å². The first-order valence-electron chi connectivity index (χ1n) is 3.85. The van der Waals surface area contributed by atoms with Crippen molar-refractivity contribution >= 4 is 15.9 Å². The van der Waals surface area contributed by atoms with Gasteiger partial charge in [0.2, 0.25) is 0 Å². The molecule has 0 aliphatic rings. The summed E-state index contributed by atoms with van der Waals surface area (Å²) in [7, 11) is 3.29. The second kappa shape index (κ2) is 4.58. The zero-order chi connectivity index (χ0) is 9.84. The summed E-state index contributed by atoms with van der Waals surface area (Å²) in [4.78, 5) is 0. The third-order valence-corrected chi connectivity index (χ3v) is 2.31. The minimum Gasteiger partial charge on any atom is -0.495 e. The van der Waals surface area contributed by atoms with Crippen molar-refractivity contribution < 1.29 is 9.13 Å². The van der Waals surface area contributed by atoms with Gasteiger partial charge in [-0.1, -0.05) is 0 Å². The van der Waals surface area contributed by atoms with Gasteiger partial charge in [-0.05, 0) is 29.0 Å². The number of ether oxygens (including phenoxy) is 1. The Bertz CT molecular complexity index is 304. The van der Waals surface area contributed by atoms with Crippen LogP contribution in [-0.4, -0.2) is 14.2 Å². The van der Waals surface area contributed by atoms with E-state index in [1.165, 1.54) is 13.2 Å². The van der Waals surface area contributed by atoms with Crippen LogP contribution in [0.2, 0.25) is 0 Å². The summed E-state index contributed by atoms with van der Waals surface area (Å²) in [6, 6.07) is 3.08. The van der Waals surface area contributed by atoms with Gasteiger partial charge in [0.1, 0.15) is 11.6 Å². The SMILES string of the molecule is CNCc1cc(Br)c(OC)cc1F. The third-order valence-electron chi connectivity index (χ3n) is 1.69. The molecule has 1 aromatic carbocycles. The number of benzene rings is 1. The van der Waals surface area contributed by atoms with Gasteiger partial charge in [-0.15, -0.1) is 0 Å². The molecule has 1 rings (SSSR count). The fourth-order valence-electron chi connectivity index (χ4n) is 1.05. The Labute approximate surface area is 85.2 Å². The Morgan fingerprint density at radius 3 is 2.77 bits per heavy atom. The van der Waals surface area contributed by atoms with Crippen molar-refractivity contribution in [2.24, 2.45) is 0 Å². The Kier molecular flexibility index (Phi) is 3.69. The summed E-state index contributed by atoms with van der Waals surface area (Å²) >= 11 is 3.29. The van der Waals surface area contributed by atoms with Gasteiger partial charge in [0, 0.05) is 18.2 Å². The molecule has 0 spiro atoms. The number of methoxy groups -OCH3 is 1. The molecule has 72 valence electrons. The number of hydrogen-bond acceptors (Lipinski definition) is 2. The molecule has 0 radical (unpaired) electrons. The highest BCUT2D eigenvalue weighted by molar-refractivity contribution is 9.10. The highest BCUT2D eigenvalue weighted by Gasteiger charge is 2.07. The number of halogens is 2. The Morgan fingerprint density at radius 1 is 1.54 bits per heavy atom. The molecule has 0 atom stereocenters. The van der Waals surface area contributed by atoms with Crippen LogP contribution in [0.25, 0.3) is 0 Å². The molecule has 0 saturated carbocycles. The minimum atomic E-state index is -0.255. The van der Waals surface area contributed by atoms with Crippen LogP contribution >= 0.6 is 15.9 Å². The van der Waals surface area contributed by atoms with Crippen LogP contribution in [0.3, 0.4) is 0 Å². The van der Waals surface area contributed by atoms with E-state index in [9.17, 15) is 4.39 Å². The average molecular weight is 248 g/mol. The van der Waals surface area contributed by atoms with E-state index in [2.05, 4.69) is 21.2 Å². The van der Waals surface area contributed by atoms with Gasteiger partial charge in [0.05, 0.1) is 11.6 Å². The average Bonchev–Trinajstić information content (AvgIpc) is 2.11. The first kappa shape index (κ1) is 10.5. The molecule has 13 heavy (non-hydrogen) atoms. The van der Waals surface area contributed by atoms with Crippen molar-refractivity contribution in [2.75, 3.05) is 14.2 Å². The van der Waals surface area contributed by atoms with Crippen LogP contribution in [0.1, 0.15) is 5.56 Å². The van der Waals surface area contributed by atoms with E-state index in [-0.39, 0.29) is 5.82 Å². The zero-order valence-corrected chi connectivity index (χ0v) is 9.11. The van der Waals surface area contributed by atoms with E-state index in [1.807, 2.05) is 0 Å². The Balaban J connectivity index is 3.05. The smallest absolute Gasteiger partial charge is 0.135 e. The lowest BCUT2D eigenvalue weighted by Crippen LogP contribution is -2.07. The predicted octanol–water partition coefficient (Wildman–Crippen LogP) is 2.32. The molecule has 0 saturated heterocycles. The van der Waals surface area contributed by atoms with Crippen molar-refractivity contribution in [3.63, 3.8) is 0 Å². The van der Waals surface area contributed by atoms with Gasteiger partial charge in [-0.2, -0.15) is 0 Å². The normalized spacial score (nSPS) is 10.2. The molecule has 0 heterocycles. The zero-order valence-electron chi connectivity index (χ0n) is 7.53. The molecule has 0 bridgehead atoms. The summed E-state index contributed by atoms with van der Waals surface area (Å²) in [6.45, 7) is 0.508. The van der Waals surface area contributed by atoms with Crippen LogP contribution in [0.5, 0.6) is 5.75 Å². The third kappa shape index (κ3) is 2.42. The van der Waals surface area contributed by atoms with Crippen LogP contribution in [-0.2, 0) is 6.54 Å². The monoisotopic (exact) mass is 247 g/mol. The van der Waals surface area contributed by atoms with Gasteiger partial charge in [0.15, 0.2) is 0 Å². The van der Waals surface area contributed by atoms with Crippen LogP contribution < -0.4 is 10.1 Å².